The van der Waals surface area contributed by atoms with Crippen LogP contribution in [0.4, 0.5) is 14.9 Å². The fraction of sp³-hybridized carbons (Fsp3) is 0.353. The average Bonchev–Trinajstić information content (AvgIpc) is 3.15. The third-order valence-electron chi connectivity index (χ3n) is 3.57. The van der Waals surface area contributed by atoms with Gasteiger partial charge in [0.2, 0.25) is 0 Å². The number of carbonyl (C=O) groups excluding carboxylic acids is 1. The van der Waals surface area contributed by atoms with Crippen LogP contribution in [0.1, 0.15) is 5.56 Å². The maximum absolute atomic E-state index is 14.3. The fourth-order valence-electron chi connectivity index (χ4n) is 2.39. The number of carbonyl (C=O) groups is 1. The molecular weight excluding hydrogens is 339 g/mol. The van der Waals surface area contributed by atoms with Gasteiger partial charge in [0.1, 0.15) is 11.9 Å². The first-order valence-corrected chi connectivity index (χ1v) is 11.5. The second-order valence-electron chi connectivity index (χ2n) is 6.91. The lowest BCUT2D eigenvalue weighted by atomic mass is 10.2. The molecule has 1 fully saturated rings. The van der Waals surface area contributed by atoms with Crippen molar-refractivity contribution in [2.75, 3.05) is 11.4 Å². The smallest absolute Gasteiger partial charge is 0.414 e. The zero-order valence-corrected chi connectivity index (χ0v) is 15.4. The highest BCUT2D eigenvalue weighted by Crippen LogP contribution is 2.24. The monoisotopic (exact) mass is 358 g/mol. The lowest BCUT2D eigenvalue weighted by Crippen LogP contribution is -2.26. The van der Waals surface area contributed by atoms with E-state index in [4.69, 9.17) is 4.74 Å². The third-order valence-corrected chi connectivity index (χ3v) is 4.45. The summed E-state index contributed by atoms with van der Waals surface area (Å²) in [6.07, 6.45) is 2.40. The zero-order valence-electron chi connectivity index (χ0n) is 14.4. The number of aromatic nitrogens is 3. The maximum Gasteiger partial charge on any atom is 0.414 e. The van der Waals surface area contributed by atoms with E-state index in [0.29, 0.717) is 24.3 Å². The second kappa shape index (κ2) is 6.68. The van der Waals surface area contributed by atoms with Crippen LogP contribution in [0.5, 0.6) is 0 Å². The van der Waals surface area contributed by atoms with Crippen molar-refractivity contribution < 1.29 is 13.9 Å². The number of nitrogens with zero attached hydrogens (tertiary/aromatic N) is 4. The second-order valence-corrected chi connectivity index (χ2v) is 11.7. The molecule has 2 aromatic rings. The minimum atomic E-state index is -1.58. The first kappa shape index (κ1) is 17.2. The van der Waals surface area contributed by atoms with Crippen LogP contribution in [-0.4, -0.2) is 41.8 Å². The Kier molecular flexibility index (Phi) is 4.59. The molecule has 1 aromatic carbocycles. The largest absolute Gasteiger partial charge is 0.442 e. The van der Waals surface area contributed by atoms with Gasteiger partial charge in [-0.1, -0.05) is 13.3 Å². The Bertz CT molecular complexity index is 837. The van der Waals surface area contributed by atoms with Gasteiger partial charge in [-0.2, -0.15) is 19.6 Å². The summed E-state index contributed by atoms with van der Waals surface area (Å²) in [4.78, 5) is 13.5. The quantitative estimate of drug-likeness (QED) is 0.625. The molecule has 0 spiro atoms. The van der Waals surface area contributed by atoms with Gasteiger partial charge in [-0.25, -0.2) is 13.9 Å². The molecule has 1 aromatic heterocycles. The first-order chi connectivity index (χ1) is 11.8. The van der Waals surface area contributed by atoms with Crippen molar-refractivity contribution in [1.82, 2.24) is 15.0 Å². The number of hydrogen-bond acceptors (Lipinski definition) is 4. The number of halogens is 1. The SMILES string of the molecule is C[Si-](C)(C)C#Cc1ccc(N2C[C@H](Cn3ccnn3)OC2=O)cc1F. The van der Waals surface area contributed by atoms with Crippen LogP contribution >= 0.6 is 0 Å². The molecule has 1 saturated heterocycles. The number of anilines is 1. The van der Waals surface area contributed by atoms with Crippen molar-refractivity contribution >= 4 is 19.9 Å². The van der Waals surface area contributed by atoms with Crippen LogP contribution in [0.25, 0.3) is 0 Å². The van der Waals surface area contributed by atoms with E-state index >= 15 is 0 Å². The summed E-state index contributed by atoms with van der Waals surface area (Å²) < 4.78 is 21.2. The van der Waals surface area contributed by atoms with E-state index < -0.39 is 20.0 Å². The summed E-state index contributed by atoms with van der Waals surface area (Å²) in [6, 6.07) is 4.62. The van der Waals surface area contributed by atoms with Crippen molar-refractivity contribution in [3.05, 3.63) is 42.0 Å². The predicted octanol–water partition coefficient (Wildman–Crippen LogP) is 2.67. The third kappa shape index (κ3) is 4.25. The van der Waals surface area contributed by atoms with Crippen molar-refractivity contribution in [2.45, 2.75) is 32.3 Å². The van der Waals surface area contributed by atoms with Gasteiger partial charge in [-0.05, 0) is 18.2 Å². The number of amides is 1. The lowest BCUT2D eigenvalue weighted by Gasteiger charge is -2.18. The Morgan fingerprint density at radius 2 is 2.20 bits per heavy atom. The molecule has 8 heteroatoms. The van der Waals surface area contributed by atoms with Crippen molar-refractivity contribution in [2.24, 2.45) is 0 Å². The van der Waals surface area contributed by atoms with Gasteiger partial charge in [-0.3, -0.25) is 10.4 Å². The maximum atomic E-state index is 14.3. The molecule has 0 radical (unpaired) electrons. The Morgan fingerprint density at radius 3 is 2.84 bits per heavy atom. The van der Waals surface area contributed by atoms with Crippen LogP contribution in [0.3, 0.4) is 0 Å². The highest BCUT2D eigenvalue weighted by molar-refractivity contribution is 6.83. The van der Waals surface area contributed by atoms with Gasteiger partial charge in [0.05, 0.1) is 30.5 Å². The Balaban J connectivity index is 1.74. The predicted molar refractivity (Wildman–Crippen MR) is 94.3 cm³/mol. The zero-order chi connectivity index (χ0) is 18.0. The molecule has 0 bridgehead atoms. The van der Waals surface area contributed by atoms with E-state index in [1.807, 2.05) is 0 Å². The highest BCUT2D eigenvalue weighted by Gasteiger charge is 2.33. The number of ether oxygens (including phenoxy) is 1. The molecule has 0 aliphatic carbocycles. The fourth-order valence-corrected chi connectivity index (χ4v) is 2.90. The van der Waals surface area contributed by atoms with E-state index in [1.165, 1.54) is 11.0 Å². The van der Waals surface area contributed by atoms with Crippen LogP contribution in [0, 0.1) is 17.3 Å². The molecule has 1 atom stereocenters. The normalized spacial score (nSPS) is 17.2. The van der Waals surface area contributed by atoms with E-state index in [0.717, 1.165) is 0 Å². The van der Waals surface area contributed by atoms with Crippen LogP contribution < -0.4 is 4.90 Å². The molecule has 25 heavy (non-hydrogen) atoms. The van der Waals surface area contributed by atoms with Crippen LogP contribution in [-0.2, 0) is 11.3 Å². The molecule has 0 unspecified atom stereocenters. The minimum Gasteiger partial charge on any atom is -0.442 e. The highest BCUT2D eigenvalue weighted by atomic mass is 28.3. The van der Waals surface area contributed by atoms with Gasteiger partial charge in [0.15, 0.2) is 0 Å². The summed E-state index contributed by atoms with van der Waals surface area (Å²) in [6.45, 7) is 7.04. The molecule has 0 N–H and O–H groups in total. The summed E-state index contributed by atoms with van der Waals surface area (Å²) in [5, 5.41) is 7.57. The number of rotatable bonds is 3. The minimum absolute atomic E-state index is 0.331. The van der Waals surface area contributed by atoms with Crippen LogP contribution in [0.15, 0.2) is 30.6 Å². The van der Waals surface area contributed by atoms with E-state index in [9.17, 15) is 9.18 Å². The molecule has 131 valence electrons. The van der Waals surface area contributed by atoms with Gasteiger partial charge < -0.3 is 4.74 Å². The lowest BCUT2D eigenvalue weighted by molar-refractivity contribution is 0.129. The molecule has 1 amide bonds. The van der Waals surface area contributed by atoms with E-state index in [1.54, 1.807) is 29.2 Å². The topological polar surface area (TPSA) is 60.3 Å². The van der Waals surface area contributed by atoms with Gasteiger partial charge >= 0.3 is 6.09 Å². The Hall–Kier alpha value is -2.66. The summed E-state index contributed by atoms with van der Waals surface area (Å²) in [5.41, 5.74) is 3.94. The summed E-state index contributed by atoms with van der Waals surface area (Å²) >= 11 is 0. The number of hydrogen-bond donors (Lipinski definition) is 0. The van der Waals surface area contributed by atoms with E-state index in [-0.39, 0.29) is 6.10 Å². The molecule has 2 heterocycles. The summed E-state index contributed by atoms with van der Waals surface area (Å²) in [5.74, 6) is 2.47. The molecule has 1 aliphatic rings. The standard InChI is InChI=1S/C17H19FN4O2Si/c1-25(2,3)9-6-13-4-5-14(10-16(13)18)22-12-15(24-17(22)23)11-21-8-7-19-20-21/h4-5,7-8,10,15H,11-12H2,1-3H3/q-1/t15-/m0/s1. The molecule has 1 aliphatic heterocycles. The van der Waals surface area contributed by atoms with Crippen molar-refractivity contribution in [1.29, 1.82) is 0 Å². The number of benzene rings is 1. The van der Waals surface area contributed by atoms with Gasteiger partial charge in [0, 0.05) is 6.20 Å². The van der Waals surface area contributed by atoms with Gasteiger partial charge in [0.25, 0.3) is 0 Å². The molecule has 6 nitrogen and oxygen atoms in total. The number of cyclic esters (lactones) is 1. The average molecular weight is 358 g/mol. The molecule has 3 rings (SSSR count). The molecule has 0 saturated carbocycles. The first-order valence-electron chi connectivity index (χ1n) is 7.97. The van der Waals surface area contributed by atoms with E-state index in [2.05, 4.69) is 41.4 Å². The van der Waals surface area contributed by atoms with Gasteiger partial charge in [-0.15, -0.1) is 11.0 Å². The van der Waals surface area contributed by atoms with Crippen molar-refractivity contribution in [3.8, 4) is 11.5 Å². The Labute approximate surface area is 146 Å². The summed E-state index contributed by atoms with van der Waals surface area (Å²) in [7, 11) is -1.58. The Morgan fingerprint density at radius 1 is 1.40 bits per heavy atom. The van der Waals surface area contributed by atoms with Crippen LogP contribution in [0.2, 0.25) is 19.6 Å². The molecular formula is C17H19FN4O2Si-. The van der Waals surface area contributed by atoms with Crippen molar-refractivity contribution in [3.63, 3.8) is 0 Å².